The fourth-order valence-electron chi connectivity index (χ4n) is 1.47. The van der Waals surface area contributed by atoms with Gasteiger partial charge in [0.2, 0.25) is 0 Å². The Kier molecular flexibility index (Phi) is 1.50. The van der Waals surface area contributed by atoms with Crippen molar-refractivity contribution in [1.82, 2.24) is 0 Å². The van der Waals surface area contributed by atoms with Crippen LogP contribution in [0.25, 0.3) is 0 Å². The molecule has 0 aromatic carbocycles. The van der Waals surface area contributed by atoms with Crippen LogP contribution < -0.4 is 0 Å². The van der Waals surface area contributed by atoms with Gasteiger partial charge in [-0.1, -0.05) is 6.92 Å². The van der Waals surface area contributed by atoms with Crippen molar-refractivity contribution in [3.8, 4) is 0 Å². The zero-order valence-electron chi connectivity index (χ0n) is 7.14. The second-order valence-corrected chi connectivity index (χ2v) is 3.79. The summed E-state index contributed by atoms with van der Waals surface area (Å²) < 4.78 is 1.15. The van der Waals surface area contributed by atoms with E-state index in [1.807, 2.05) is 20.8 Å². The zero-order chi connectivity index (χ0) is 7.94. The number of hydroxylamine groups is 1. The van der Waals surface area contributed by atoms with Gasteiger partial charge in [0.05, 0.1) is 0 Å². The molecule has 1 aliphatic rings. The Hall–Kier alpha value is -0.530. The molecule has 2 nitrogen and oxygen atoms in total. The molecular formula is C8H15NO. The van der Waals surface area contributed by atoms with Crippen LogP contribution in [0.3, 0.4) is 0 Å². The van der Waals surface area contributed by atoms with Crippen LogP contribution in [0.2, 0.25) is 0 Å². The fraction of sp³-hybridized carbons (Fsp3) is 0.875. The first kappa shape index (κ1) is 7.58. The van der Waals surface area contributed by atoms with Crippen LogP contribution >= 0.6 is 0 Å². The van der Waals surface area contributed by atoms with Crippen molar-refractivity contribution in [2.24, 2.45) is 5.92 Å². The second kappa shape index (κ2) is 1.97. The van der Waals surface area contributed by atoms with E-state index in [0.717, 1.165) is 16.9 Å². The molecule has 0 bridgehead atoms. The summed E-state index contributed by atoms with van der Waals surface area (Å²) in [6.45, 7) is 8.04. The summed E-state index contributed by atoms with van der Waals surface area (Å²) in [4.78, 5) is 0. The van der Waals surface area contributed by atoms with E-state index in [2.05, 4.69) is 6.92 Å². The maximum Gasteiger partial charge on any atom is 0.170 e. The van der Waals surface area contributed by atoms with Crippen LogP contribution in [-0.4, -0.2) is 16.0 Å². The second-order valence-electron chi connectivity index (χ2n) is 3.79. The van der Waals surface area contributed by atoms with Gasteiger partial charge in [0.25, 0.3) is 0 Å². The Labute approximate surface area is 62.1 Å². The summed E-state index contributed by atoms with van der Waals surface area (Å²) in [7, 11) is 0. The van der Waals surface area contributed by atoms with E-state index in [0.29, 0.717) is 5.92 Å². The van der Waals surface area contributed by atoms with Crippen molar-refractivity contribution < 1.29 is 4.74 Å². The highest BCUT2D eigenvalue weighted by Gasteiger charge is 2.41. The van der Waals surface area contributed by atoms with Crippen molar-refractivity contribution >= 4 is 5.71 Å². The Morgan fingerprint density at radius 2 is 2.10 bits per heavy atom. The molecule has 10 heavy (non-hydrogen) atoms. The van der Waals surface area contributed by atoms with Gasteiger partial charge in [-0.2, -0.15) is 0 Å². The molecule has 0 radical (unpaired) electrons. The van der Waals surface area contributed by atoms with Crippen molar-refractivity contribution in [2.45, 2.75) is 39.7 Å². The molecule has 0 saturated carbocycles. The van der Waals surface area contributed by atoms with Crippen LogP contribution in [0.1, 0.15) is 34.1 Å². The third-order valence-electron chi connectivity index (χ3n) is 2.68. The highest BCUT2D eigenvalue weighted by atomic mass is 16.5. The molecule has 58 valence electrons. The average molecular weight is 141 g/mol. The molecule has 0 fully saturated rings. The molecule has 1 atom stereocenters. The SMILES string of the molecule is CC1=[N+]([O-])C(C)(C)C(C)C1. The number of hydrogen-bond acceptors (Lipinski definition) is 1. The first-order chi connectivity index (χ1) is 4.46. The summed E-state index contributed by atoms with van der Waals surface area (Å²) >= 11 is 0. The van der Waals surface area contributed by atoms with Crippen molar-refractivity contribution in [3.63, 3.8) is 0 Å². The summed E-state index contributed by atoms with van der Waals surface area (Å²) in [5, 5.41) is 11.3. The first-order valence-electron chi connectivity index (χ1n) is 3.76. The van der Waals surface area contributed by atoms with Crippen LogP contribution in [-0.2, 0) is 0 Å². The maximum atomic E-state index is 11.3. The van der Waals surface area contributed by atoms with Crippen LogP contribution in [0, 0.1) is 11.1 Å². The molecule has 1 unspecified atom stereocenters. The average Bonchev–Trinajstić information content (AvgIpc) is 1.97. The third kappa shape index (κ3) is 0.825. The summed E-state index contributed by atoms with van der Waals surface area (Å²) in [5.74, 6) is 0.491. The molecule has 2 heteroatoms. The predicted octanol–water partition coefficient (Wildman–Crippen LogP) is 1.78. The largest absolute Gasteiger partial charge is 0.623 e. The van der Waals surface area contributed by atoms with Crippen molar-refractivity contribution in [3.05, 3.63) is 5.21 Å². The molecule has 0 spiro atoms. The van der Waals surface area contributed by atoms with Crippen molar-refractivity contribution in [2.75, 3.05) is 0 Å². The van der Waals surface area contributed by atoms with Crippen LogP contribution in [0.15, 0.2) is 0 Å². The van der Waals surface area contributed by atoms with Crippen LogP contribution in [0.4, 0.5) is 0 Å². The van der Waals surface area contributed by atoms with Gasteiger partial charge in [-0.05, 0) is 0 Å². The third-order valence-corrected chi connectivity index (χ3v) is 2.68. The highest BCUT2D eigenvalue weighted by Crippen LogP contribution is 2.29. The van der Waals surface area contributed by atoms with Crippen LogP contribution in [0.5, 0.6) is 0 Å². The molecule has 1 heterocycles. The molecule has 1 rings (SSSR count). The van der Waals surface area contributed by atoms with Gasteiger partial charge in [0.1, 0.15) is 0 Å². The molecule has 0 aromatic heterocycles. The van der Waals surface area contributed by atoms with E-state index >= 15 is 0 Å². The van der Waals surface area contributed by atoms with Gasteiger partial charge in [-0.3, -0.25) is 0 Å². The molecule has 0 amide bonds. The molecule has 0 aromatic rings. The fourth-order valence-corrected chi connectivity index (χ4v) is 1.47. The molecule has 1 aliphatic heterocycles. The van der Waals surface area contributed by atoms with Crippen molar-refractivity contribution in [1.29, 1.82) is 0 Å². The standard InChI is InChI=1S/C8H15NO/c1-6-5-7(2)9(10)8(6,3)4/h6H,5H2,1-4H3. The first-order valence-corrected chi connectivity index (χ1v) is 3.76. The van der Waals surface area contributed by atoms with E-state index in [-0.39, 0.29) is 5.54 Å². The van der Waals surface area contributed by atoms with Gasteiger partial charge in [0, 0.05) is 33.1 Å². The van der Waals surface area contributed by atoms with Gasteiger partial charge >= 0.3 is 0 Å². The van der Waals surface area contributed by atoms with E-state index in [9.17, 15) is 5.21 Å². The monoisotopic (exact) mass is 141 g/mol. The number of nitrogens with zero attached hydrogens (tertiary/aromatic N) is 1. The minimum Gasteiger partial charge on any atom is -0.623 e. The van der Waals surface area contributed by atoms with E-state index in [1.165, 1.54) is 0 Å². The topological polar surface area (TPSA) is 26.1 Å². The van der Waals surface area contributed by atoms with Gasteiger partial charge in [-0.25, -0.2) is 4.74 Å². The Morgan fingerprint density at radius 3 is 2.20 bits per heavy atom. The normalized spacial score (nSPS) is 31.4. The van der Waals surface area contributed by atoms with Gasteiger partial charge < -0.3 is 5.21 Å². The number of hydrogen-bond donors (Lipinski definition) is 0. The highest BCUT2D eigenvalue weighted by molar-refractivity contribution is 5.78. The maximum absolute atomic E-state index is 11.3. The molecule has 0 saturated heterocycles. The lowest BCUT2D eigenvalue weighted by Gasteiger charge is -2.22. The summed E-state index contributed by atoms with van der Waals surface area (Å²) in [5.41, 5.74) is 0.793. The van der Waals surface area contributed by atoms with Gasteiger partial charge in [0.15, 0.2) is 11.3 Å². The van der Waals surface area contributed by atoms with E-state index in [4.69, 9.17) is 0 Å². The zero-order valence-corrected chi connectivity index (χ0v) is 7.14. The van der Waals surface area contributed by atoms with Gasteiger partial charge in [-0.15, -0.1) is 0 Å². The Morgan fingerprint density at radius 1 is 1.60 bits per heavy atom. The molecule has 0 aliphatic carbocycles. The summed E-state index contributed by atoms with van der Waals surface area (Å²) in [6, 6.07) is 0. The Bertz CT molecular complexity index is 182. The lowest BCUT2D eigenvalue weighted by atomic mass is 9.90. The number of rotatable bonds is 0. The molecular weight excluding hydrogens is 126 g/mol. The molecule has 0 N–H and O–H groups in total. The van der Waals surface area contributed by atoms with E-state index < -0.39 is 0 Å². The lowest BCUT2D eigenvalue weighted by molar-refractivity contribution is -0.539. The van der Waals surface area contributed by atoms with E-state index in [1.54, 1.807) is 0 Å². The predicted molar refractivity (Wildman–Crippen MR) is 42.2 cm³/mol. The minimum atomic E-state index is -0.177. The lowest BCUT2D eigenvalue weighted by Crippen LogP contribution is -2.34. The summed E-state index contributed by atoms with van der Waals surface area (Å²) in [6.07, 6.45) is 0.955. The Balaban J connectivity index is 2.94. The quantitative estimate of drug-likeness (QED) is 0.373. The smallest absolute Gasteiger partial charge is 0.170 e. The minimum absolute atomic E-state index is 0.177.